The third-order valence-electron chi connectivity index (χ3n) is 1.75. The molecule has 0 amide bonds. The van der Waals surface area contributed by atoms with Gasteiger partial charge in [0.15, 0.2) is 0 Å². The Hall–Kier alpha value is -1.40. The fourth-order valence-corrected chi connectivity index (χ4v) is 1.29. The smallest absolute Gasteiger partial charge is 0.329 e. The number of halogens is 1. The molecule has 0 atom stereocenters. The maximum Gasteiger partial charge on any atom is 0.329 e. The lowest BCUT2D eigenvalue weighted by Crippen LogP contribution is -2.18. The quantitative estimate of drug-likeness (QED) is 0.345. The Morgan fingerprint density at radius 3 is 2.93 bits per heavy atom. The Morgan fingerprint density at radius 1 is 1.60 bits per heavy atom. The number of pyridine rings is 1. The molecular weight excluding hydrogens is 220 g/mol. The molecule has 0 bridgehead atoms. The van der Waals surface area contributed by atoms with Gasteiger partial charge in [0.2, 0.25) is 5.15 Å². The summed E-state index contributed by atoms with van der Waals surface area (Å²) in [6.07, 6.45) is 1.43. The lowest BCUT2D eigenvalue weighted by Gasteiger charge is -2.06. The number of nitro groups is 1. The van der Waals surface area contributed by atoms with Gasteiger partial charge < -0.3 is 10.6 Å². The largest absolute Gasteiger partial charge is 0.378 e. The van der Waals surface area contributed by atoms with E-state index in [0.717, 1.165) is 0 Å². The van der Waals surface area contributed by atoms with Gasteiger partial charge in [0.25, 0.3) is 0 Å². The molecule has 0 unspecified atom stereocenters. The normalized spacial score (nSPS) is 10.0. The van der Waals surface area contributed by atoms with Gasteiger partial charge in [-0.1, -0.05) is 11.6 Å². The summed E-state index contributed by atoms with van der Waals surface area (Å²) in [7, 11) is 1.80. The topological polar surface area (TPSA) is 80.1 Å². The molecule has 0 fully saturated rings. The summed E-state index contributed by atoms with van der Waals surface area (Å²) in [5.74, 6) is 0. The van der Waals surface area contributed by atoms with E-state index >= 15 is 0 Å². The van der Waals surface area contributed by atoms with Gasteiger partial charge in [-0.3, -0.25) is 10.1 Å². The molecule has 1 rings (SSSR count). The van der Waals surface area contributed by atoms with Crippen molar-refractivity contribution in [3.63, 3.8) is 0 Å². The van der Waals surface area contributed by atoms with Crippen molar-refractivity contribution in [1.82, 2.24) is 10.3 Å². The minimum atomic E-state index is -0.545. The first-order valence-electron chi connectivity index (χ1n) is 4.34. The van der Waals surface area contributed by atoms with Crippen molar-refractivity contribution in [3.05, 3.63) is 27.5 Å². The molecule has 0 aliphatic carbocycles. The minimum absolute atomic E-state index is 0.102. The van der Waals surface area contributed by atoms with E-state index in [4.69, 9.17) is 11.6 Å². The predicted octanol–water partition coefficient (Wildman–Crippen LogP) is 1.27. The van der Waals surface area contributed by atoms with Crippen molar-refractivity contribution < 1.29 is 4.92 Å². The number of nitrogens with zero attached hydrogens (tertiary/aromatic N) is 2. The van der Waals surface area contributed by atoms with E-state index in [1.165, 1.54) is 12.3 Å². The van der Waals surface area contributed by atoms with Gasteiger partial charge in [-0.05, 0) is 13.1 Å². The zero-order valence-electron chi connectivity index (χ0n) is 8.16. The number of hydrogen-bond donors (Lipinski definition) is 2. The molecule has 82 valence electrons. The molecule has 0 saturated carbocycles. The number of rotatable bonds is 5. The van der Waals surface area contributed by atoms with Crippen LogP contribution < -0.4 is 10.6 Å². The van der Waals surface area contributed by atoms with Gasteiger partial charge in [0.1, 0.15) is 5.69 Å². The zero-order chi connectivity index (χ0) is 11.3. The highest BCUT2D eigenvalue weighted by molar-refractivity contribution is 6.32. The van der Waals surface area contributed by atoms with Gasteiger partial charge in [-0.15, -0.1) is 0 Å². The van der Waals surface area contributed by atoms with Crippen LogP contribution in [0.5, 0.6) is 0 Å². The van der Waals surface area contributed by atoms with Crippen molar-refractivity contribution >= 4 is 23.0 Å². The lowest BCUT2D eigenvalue weighted by molar-refractivity contribution is -0.384. The fraction of sp³-hybridized carbons (Fsp3) is 0.375. The van der Waals surface area contributed by atoms with Crippen LogP contribution in [0.15, 0.2) is 12.3 Å². The minimum Gasteiger partial charge on any atom is -0.378 e. The summed E-state index contributed by atoms with van der Waals surface area (Å²) in [4.78, 5) is 13.8. The van der Waals surface area contributed by atoms with Crippen LogP contribution in [0.25, 0.3) is 0 Å². The van der Waals surface area contributed by atoms with Gasteiger partial charge >= 0.3 is 5.69 Å². The molecule has 1 aromatic heterocycles. The summed E-state index contributed by atoms with van der Waals surface area (Å²) in [6, 6.07) is 1.53. The van der Waals surface area contributed by atoms with Crippen LogP contribution in [0.1, 0.15) is 0 Å². The molecule has 6 nitrogen and oxygen atoms in total. The first kappa shape index (κ1) is 11.7. The SMILES string of the molecule is CNCCNc1ccnc(Cl)c1[N+](=O)[O-]. The van der Waals surface area contributed by atoms with Crippen molar-refractivity contribution in [2.75, 3.05) is 25.5 Å². The second-order valence-corrected chi connectivity index (χ2v) is 3.14. The van der Waals surface area contributed by atoms with Gasteiger partial charge in [-0.2, -0.15) is 0 Å². The molecule has 0 aromatic carbocycles. The summed E-state index contributed by atoms with van der Waals surface area (Å²) < 4.78 is 0. The monoisotopic (exact) mass is 230 g/mol. The molecular formula is C8H11ClN4O2. The van der Waals surface area contributed by atoms with E-state index in [-0.39, 0.29) is 10.8 Å². The number of nitrogens with one attached hydrogen (secondary N) is 2. The molecule has 1 aromatic rings. The second kappa shape index (κ2) is 5.47. The standard InChI is InChI=1S/C8H11ClN4O2/c1-10-4-5-11-6-2-3-12-8(9)7(6)13(14)15/h2-3,10H,4-5H2,1H3,(H,11,12). The number of hydrogen-bond acceptors (Lipinski definition) is 5. The Labute approximate surface area is 91.8 Å². The van der Waals surface area contributed by atoms with Crippen molar-refractivity contribution in [2.45, 2.75) is 0 Å². The second-order valence-electron chi connectivity index (χ2n) is 2.79. The van der Waals surface area contributed by atoms with Crippen LogP contribution in [0.2, 0.25) is 5.15 Å². The molecule has 0 aliphatic heterocycles. The molecule has 0 spiro atoms. The molecule has 7 heteroatoms. The molecule has 2 N–H and O–H groups in total. The van der Waals surface area contributed by atoms with Crippen molar-refractivity contribution in [2.24, 2.45) is 0 Å². The Morgan fingerprint density at radius 2 is 2.33 bits per heavy atom. The van der Waals surface area contributed by atoms with Crippen LogP contribution in [0.4, 0.5) is 11.4 Å². The van der Waals surface area contributed by atoms with Crippen LogP contribution in [0.3, 0.4) is 0 Å². The summed E-state index contributed by atoms with van der Waals surface area (Å²) in [5, 5.41) is 16.4. The molecule has 0 aliphatic rings. The highest BCUT2D eigenvalue weighted by Gasteiger charge is 2.18. The van der Waals surface area contributed by atoms with E-state index in [0.29, 0.717) is 18.8 Å². The highest BCUT2D eigenvalue weighted by atomic mass is 35.5. The zero-order valence-corrected chi connectivity index (χ0v) is 8.91. The van der Waals surface area contributed by atoms with Crippen LogP contribution in [-0.4, -0.2) is 30.0 Å². The Balaban J connectivity index is 2.86. The maximum absolute atomic E-state index is 10.7. The lowest BCUT2D eigenvalue weighted by atomic mass is 10.3. The third-order valence-corrected chi connectivity index (χ3v) is 2.03. The van der Waals surface area contributed by atoms with E-state index in [1.807, 2.05) is 0 Å². The molecule has 0 radical (unpaired) electrons. The fourth-order valence-electron chi connectivity index (χ4n) is 1.07. The Kier molecular flexibility index (Phi) is 4.26. The first-order valence-corrected chi connectivity index (χ1v) is 4.72. The van der Waals surface area contributed by atoms with E-state index in [1.54, 1.807) is 7.05 Å². The molecule has 1 heterocycles. The van der Waals surface area contributed by atoms with Crippen LogP contribution in [-0.2, 0) is 0 Å². The summed E-state index contributed by atoms with van der Waals surface area (Å²) in [5.41, 5.74) is 0.200. The van der Waals surface area contributed by atoms with E-state index < -0.39 is 4.92 Å². The molecule has 15 heavy (non-hydrogen) atoms. The number of anilines is 1. The maximum atomic E-state index is 10.7. The van der Waals surface area contributed by atoms with E-state index in [9.17, 15) is 10.1 Å². The average molecular weight is 231 g/mol. The van der Waals surface area contributed by atoms with Crippen molar-refractivity contribution in [3.8, 4) is 0 Å². The van der Waals surface area contributed by atoms with Gasteiger partial charge in [-0.25, -0.2) is 4.98 Å². The summed E-state index contributed by atoms with van der Waals surface area (Å²) in [6.45, 7) is 1.29. The van der Waals surface area contributed by atoms with Crippen molar-refractivity contribution in [1.29, 1.82) is 0 Å². The van der Waals surface area contributed by atoms with Gasteiger partial charge in [0.05, 0.1) is 4.92 Å². The highest BCUT2D eigenvalue weighted by Crippen LogP contribution is 2.29. The Bertz CT molecular complexity index is 358. The van der Waals surface area contributed by atoms with Crippen LogP contribution in [0, 0.1) is 10.1 Å². The van der Waals surface area contributed by atoms with E-state index in [2.05, 4.69) is 15.6 Å². The summed E-state index contributed by atoms with van der Waals surface area (Å²) >= 11 is 5.63. The predicted molar refractivity (Wildman–Crippen MR) is 58.3 cm³/mol. The average Bonchev–Trinajstić information content (AvgIpc) is 2.17. The first-order chi connectivity index (χ1) is 7.16. The molecule has 0 saturated heterocycles. The third kappa shape index (κ3) is 3.03. The number of likely N-dealkylation sites (N-methyl/N-ethyl adjacent to an activating group) is 1. The van der Waals surface area contributed by atoms with Crippen LogP contribution >= 0.6 is 11.6 Å². The number of aromatic nitrogens is 1. The van der Waals surface area contributed by atoms with Gasteiger partial charge in [0, 0.05) is 19.3 Å².